The van der Waals surface area contributed by atoms with Crippen molar-refractivity contribution in [2.45, 2.75) is 65.3 Å². The topological polar surface area (TPSA) is 12.0 Å². The van der Waals surface area contributed by atoms with Crippen molar-refractivity contribution in [2.24, 2.45) is 23.7 Å². The van der Waals surface area contributed by atoms with Crippen LogP contribution in [0.25, 0.3) is 0 Å². The molecule has 0 aromatic heterocycles. The van der Waals surface area contributed by atoms with Gasteiger partial charge in [0.2, 0.25) is 0 Å². The van der Waals surface area contributed by atoms with Crippen molar-refractivity contribution in [2.75, 3.05) is 6.54 Å². The molecule has 0 saturated heterocycles. The van der Waals surface area contributed by atoms with Gasteiger partial charge in [0.15, 0.2) is 0 Å². The third-order valence-electron chi connectivity index (χ3n) is 4.86. The molecule has 0 bridgehead atoms. The van der Waals surface area contributed by atoms with Gasteiger partial charge in [-0.2, -0.15) is 0 Å². The van der Waals surface area contributed by atoms with Gasteiger partial charge in [-0.15, -0.1) is 0 Å². The van der Waals surface area contributed by atoms with E-state index >= 15 is 0 Å². The highest BCUT2D eigenvalue weighted by Gasteiger charge is 2.36. The lowest BCUT2D eigenvalue weighted by molar-refractivity contribution is 0.145. The maximum Gasteiger partial charge on any atom is 0.00978 e. The Labute approximate surface area is 101 Å². The Morgan fingerprint density at radius 3 is 2.31 bits per heavy atom. The zero-order valence-electron chi connectivity index (χ0n) is 11.3. The van der Waals surface area contributed by atoms with Crippen molar-refractivity contribution < 1.29 is 0 Å². The molecule has 4 atom stereocenters. The van der Waals surface area contributed by atoms with Crippen LogP contribution < -0.4 is 5.32 Å². The maximum absolute atomic E-state index is 3.72. The predicted octanol–water partition coefficient (Wildman–Crippen LogP) is 3.84. The molecule has 2 aliphatic rings. The fourth-order valence-electron chi connectivity index (χ4n) is 4.43. The minimum absolute atomic E-state index is 0.840. The zero-order chi connectivity index (χ0) is 11.5. The number of hydrogen-bond acceptors (Lipinski definition) is 1. The van der Waals surface area contributed by atoms with Gasteiger partial charge >= 0.3 is 0 Å². The van der Waals surface area contributed by atoms with Crippen molar-refractivity contribution >= 4 is 0 Å². The molecule has 2 fully saturated rings. The second kappa shape index (κ2) is 5.53. The summed E-state index contributed by atoms with van der Waals surface area (Å²) in [7, 11) is 0. The van der Waals surface area contributed by atoms with E-state index in [1.54, 1.807) is 0 Å². The second-order valence-corrected chi connectivity index (χ2v) is 6.44. The van der Waals surface area contributed by atoms with E-state index in [0.29, 0.717) is 0 Å². The summed E-state index contributed by atoms with van der Waals surface area (Å²) >= 11 is 0. The van der Waals surface area contributed by atoms with Crippen LogP contribution in [0.2, 0.25) is 0 Å². The number of hydrogen-bond donors (Lipinski definition) is 1. The average Bonchev–Trinajstić information content (AvgIpc) is 2.65. The molecule has 0 amide bonds. The number of rotatable bonds is 3. The number of nitrogens with one attached hydrogen (secondary N) is 1. The lowest BCUT2D eigenvalue weighted by atomic mass is 9.70. The van der Waals surface area contributed by atoms with Gasteiger partial charge in [0.25, 0.3) is 0 Å². The fourth-order valence-corrected chi connectivity index (χ4v) is 4.43. The molecule has 0 spiro atoms. The SMILES string of the molecule is CCNC1CCCC1C1CC(C)CC(C)C1. The highest BCUT2D eigenvalue weighted by Crippen LogP contribution is 2.43. The normalized spacial score (nSPS) is 44.8. The molecule has 0 aliphatic heterocycles. The van der Waals surface area contributed by atoms with Crippen LogP contribution in [0.3, 0.4) is 0 Å². The summed E-state index contributed by atoms with van der Waals surface area (Å²) in [5.74, 6) is 3.95. The van der Waals surface area contributed by atoms with E-state index in [1.165, 1.54) is 38.5 Å². The summed E-state index contributed by atoms with van der Waals surface area (Å²) in [6.45, 7) is 8.32. The summed E-state index contributed by atoms with van der Waals surface area (Å²) in [5.41, 5.74) is 0. The Hall–Kier alpha value is -0.0400. The van der Waals surface area contributed by atoms with E-state index in [2.05, 4.69) is 26.1 Å². The van der Waals surface area contributed by atoms with E-state index in [0.717, 1.165) is 36.3 Å². The van der Waals surface area contributed by atoms with E-state index < -0.39 is 0 Å². The van der Waals surface area contributed by atoms with Crippen LogP contribution in [-0.4, -0.2) is 12.6 Å². The summed E-state index contributed by atoms with van der Waals surface area (Å²) in [4.78, 5) is 0. The maximum atomic E-state index is 3.72. The van der Waals surface area contributed by atoms with E-state index in [4.69, 9.17) is 0 Å². The van der Waals surface area contributed by atoms with Gasteiger partial charge < -0.3 is 5.32 Å². The van der Waals surface area contributed by atoms with Crippen LogP contribution in [0.4, 0.5) is 0 Å². The summed E-state index contributed by atoms with van der Waals surface area (Å²) < 4.78 is 0. The Morgan fingerprint density at radius 2 is 1.69 bits per heavy atom. The first-order valence-corrected chi connectivity index (χ1v) is 7.44. The molecular weight excluding hydrogens is 194 g/mol. The first kappa shape index (κ1) is 12.4. The largest absolute Gasteiger partial charge is 0.314 e. The predicted molar refractivity (Wildman–Crippen MR) is 70.5 cm³/mol. The van der Waals surface area contributed by atoms with Gasteiger partial charge in [0.05, 0.1) is 0 Å². The molecular formula is C15H29N. The molecule has 0 aromatic rings. The van der Waals surface area contributed by atoms with Crippen LogP contribution in [0.15, 0.2) is 0 Å². The first-order chi connectivity index (χ1) is 7.70. The van der Waals surface area contributed by atoms with E-state index in [9.17, 15) is 0 Å². The summed E-state index contributed by atoms with van der Waals surface area (Å²) in [6, 6.07) is 0.840. The van der Waals surface area contributed by atoms with Crippen molar-refractivity contribution in [1.82, 2.24) is 5.32 Å². The van der Waals surface area contributed by atoms with Crippen LogP contribution in [0, 0.1) is 23.7 Å². The Morgan fingerprint density at radius 1 is 1.00 bits per heavy atom. The Kier molecular flexibility index (Phi) is 4.29. The zero-order valence-corrected chi connectivity index (χ0v) is 11.3. The molecule has 4 unspecified atom stereocenters. The van der Waals surface area contributed by atoms with Gasteiger partial charge in [-0.05, 0) is 62.3 Å². The molecule has 16 heavy (non-hydrogen) atoms. The standard InChI is InChI=1S/C15H29N/c1-4-16-15-7-5-6-14(15)13-9-11(2)8-12(3)10-13/h11-16H,4-10H2,1-3H3. The van der Waals surface area contributed by atoms with E-state index in [1.807, 2.05) is 0 Å². The lowest BCUT2D eigenvalue weighted by Crippen LogP contribution is -2.38. The van der Waals surface area contributed by atoms with Crippen LogP contribution in [-0.2, 0) is 0 Å². The van der Waals surface area contributed by atoms with Gasteiger partial charge in [0.1, 0.15) is 0 Å². The highest BCUT2D eigenvalue weighted by molar-refractivity contribution is 4.90. The average molecular weight is 223 g/mol. The lowest BCUT2D eigenvalue weighted by Gasteiger charge is -2.37. The Bertz CT molecular complexity index is 203. The highest BCUT2D eigenvalue weighted by atomic mass is 14.9. The Balaban J connectivity index is 1.94. The third-order valence-corrected chi connectivity index (χ3v) is 4.86. The molecule has 94 valence electrons. The van der Waals surface area contributed by atoms with Crippen molar-refractivity contribution in [3.63, 3.8) is 0 Å². The molecule has 1 nitrogen and oxygen atoms in total. The molecule has 2 saturated carbocycles. The van der Waals surface area contributed by atoms with Gasteiger partial charge in [-0.3, -0.25) is 0 Å². The molecule has 0 heterocycles. The van der Waals surface area contributed by atoms with Gasteiger partial charge in [-0.25, -0.2) is 0 Å². The van der Waals surface area contributed by atoms with Crippen molar-refractivity contribution in [3.05, 3.63) is 0 Å². The van der Waals surface area contributed by atoms with Crippen LogP contribution in [0.1, 0.15) is 59.3 Å². The molecule has 0 aromatic carbocycles. The van der Waals surface area contributed by atoms with Gasteiger partial charge in [0, 0.05) is 6.04 Å². The monoisotopic (exact) mass is 223 g/mol. The fraction of sp³-hybridized carbons (Fsp3) is 1.00. The quantitative estimate of drug-likeness (QED) is 0.766. The smallest absolute Gasteiger partial charge is 0.00978 e. The van der Waals surface area contributed by atoms with Crippen molar-refractivity contribution in [1.29, 1.82) is 0 Å². The van der Waals surface area contributed by atoms with Crippen LogP contribution >= 0.6 is 0 Å². The minimum atomic E-state index is 0.840. The van der Waals surface area contributed by atoms with Crippen LogP contribution in [0.5, 0.6) is 0 Å². The summed E-state index contributed by atoms with van der Waals surface area (Å²) in [5, 5.41) is 3.72. The van der Waals surface area contributed by atoms with E-state index in [-0.39, 0.29) is 0 Å². The first-order valence-electron chi connectivity index (χ1n) is 7.44. The molecule has 2 rings (SSSR count). The molecule has 1 heteroatoms. The molecule has 1 N–H and O–H groups in total. The minimum Gasteiger partial charge on any atom is -0.314 e. The second-order valence-electron chi connectivity index (χ2n) is 6.44. The molecule has 2 aliphatic carbocycles. The molecule has 0 radical (unpaired) electrons. The van der Waals surface area contributed by atoms with Crippen molar-refractivity contribution in [3.8, 4) is 0 Å². The summed E-state index contributed by atoms with van der Waals surface area (Å²) in [6.07, 6.45) is 8.84. The van der Waals surface area contributed by atoms with Gasteiger partial charge in [-0.1, -0.05) is 27.2 Å². The third kappa shape index (κ3) is 2.80.